The van der Waals surface area contributed by atoms with Gasteiger partial charge in [0.2, 0.25) is 0 Å². The monoisotopic (exact) mass is 367 g/mol. The van der Waals surface area contributed by atoms with Gasteiger partial charge in [0.05, 0.1) is 18.6 Å². The Morgan fingerprint density at radius 2 is 1.67 bits per heavy atom. The maximum Gasteiger partial charge on any atom is 0.160 e. The van der Waals surface area contributed by atoms with Crippen molar-refractivity contribution in [1.29, 1.82) is 0 Å². The molecule has 0 aliphatic carbocycles. The van der Waals surface area contributed by atoms with Crippen LogP contribution in [0.25, 0.3) is 0 Å². The Hall–Kier alpha value is -2.05. The predicted octanol–water partition coefficient (Wildman–Crippen LogP) is 3.31. The summed E-state index contributed by atoms with van der Waals surface area (Å²) in [7, 11) is -0.477. The van der Waals surface area contributed by atoms with E-state index in [0.717, 1.165) is 0 Å². The van der Waals surface area contributed by atoms with E-state index < -0.39 is 9.84 Å². The topological polar surface area (TPSA) is 65.0 Å². The molecular formula is C17H18ClNO4S. The van der Waals surface area contributed by atoms with Crippen LogP contribution in [0.1, 0.15) is 11.1 Å². The number of methoxy groups -OCH3 is 1. The van der Waals surface area contributed by atoms with Gasteiger partial charge >= 0.3 is 0 Å². The highest BCUT2D eigenvalue weighted by Crippen LogP contribution is 2.16. The Kier molecular flexibility index (Phi) is 6.23. The minimum absolute atomic E-state index is 0.0900. The van der Waals surface area contributed by atoms with Crippen LogP contribution in [0, 0.1) is 0 Å². The highest BCUT2D eigenvalue weighted by Gasteiger charge is 2.18. The number of benzene rings is 2. The van der Waals surface area contributed by atoms with Crippen LogP contribution in [0.2, 0.25) is 5.02 Å². The lowest BCUT2D eigenvalue weighted by Crippen LogP contribution is -2.19. The smallest absolute Gasteiger partial charge is 0.160 e. The number of sulfone groups is 1. The third-order valence-corrected chi connectivity index (χ3v) is 5.02. The first kappa shape index (κ1) is 18.3. The summed E-state index contributed by atoms with van der Waals surface area (Å²) in [5.41, 5.74) is 1.67. The molecule has 0 aromatic heterocycles. The molecule has 0 unspecified atom stereocenters. The van der Waals surface area contributed by atoms with Crippen molar-refractivity contribution in [3.8, 4) is 5.75 Å². The molecule has 0 atom stereocenters. The van der Waals surface area contributed by atoms with Crippen molar-refractivity contribution < 1.29 is 18.0 Å². The molecule has 0 saturated carbocycles. The van der Waals surface area contributed by atoms with Crippen molar-refractivity contribution in [2.24, 2.45) is 5.16 Å². The molecule has 0 N–H and O–H groups in total. The molecule has 7 heteroatoms. The summed E-state index contributed by atoms with van der Waals surface area (Å²) in [5, 5.41) is 4.42. The van der Waals surface area contributed by atoms with Crippen LogP contribution in [-0.4, -0.2) is 34.1 Å². The lowest BCUT2D eigenvalue weighted by atomic mass is 10.1. The second-order valence-corrected chi connectivity index (χ2v) is 7.61. The molecule has 0 aliphatic heterocycles. The van der Waals surface area contributed by atoms with E-state index in [9.17, 15) is 8.42 Å². The van der Waals surface area contributed by atoms with Crippen LogP contribution in [-0.2, 0) is 20.4 Å². The molecule has 24 heavy (non-hydrogen) atoms. The molecule has 0 heterocycles. The van der Waals surface area contributed by atoms with E-state index in [1.165, 1.54) is 7.11 Å². The maximum atomic E-state index is 12.5. The van der Waals surface area contributed by atoms with Gasteiger partial charge in [-0.15, -0.1) is 0 Å². The van der Waals surface area contributed by atoms with Crippen molar-refractivity contribution in [2.45, 2.75) is 5.75 Å². The van der Waals surface area contributed by atoms with E-state index in [0.29, 0.717) is 27.6 Å². The van der Waals surface area contributed by atoms with Gasteiger partial charge in [0, 0.05) is 10.6 Å². The van der Waals surface area contributed by atoms with Crippen LogP contribution in [0.4, 0.5) is 0 Å². The first-order valence-corrected chi connectivity index (χ1v) is 9.33. The Balaban J connectivity index is 2.17. The normalized spacial score (nSPS) is 12.0. The van der Waals surface area contributed by atoms with E-state index in [1.807, 2.05) is 0 Å². The standard InChI is InChI=1S/C17H18ClNO4S/c1-22-16-9-3-13(4-10-16)11-24(20,21)12-17(19-23-2)14-5-7-15(18)8-6-14/h3-10H,11-12H2,1-2H3/b19-17-. The zero-order valence-electron chi connectivity index (χ0n) is 13.4. The molecule has 0 fully saturated rings. The van der Waals surface area contributed by atoms with Gasteiger partial charge in [-0.1, -0.05) is 41.0 Å². The summed E-state index contributed by atoms with van der Waals surface area (Å²) in [6.45, 7) is 0. The zero-order valence-corrected chi connectivity index (χ0v) is 15.0. The zero-order chi connectivity index (χ0) is 17.6. The molecule has 2 aromatic rings. The average Bonchev–Trinajstić information content (AvgIpc) is 2.55. The minimum atomic E-state index is -3.42. The van der Waals surface area contributed by atoms with E-state index in [2.05, 4.69) is 5.16 Å². The lowest BCUT2D eigenvalue weighted by Gasteiger charge is -2.08. The van der Waals surface area contributed by atoms with Gasteiger partial charge in [0.1, 0.15) is 18.6 Å². The molecule has 2 aromatic carbocycles. The quantitative estimate of drug-likeness (QED) is 0.556. The largest absolute Gasteiger partial charge is 0.497 e. The third kappa shape index (κ3) is 5.25. The lowest BCUT2D eigenvalue weighted by molar-refractivity contribution is 0.213. The fraction of sp³-hybridized carbons (Fsp3) is 0.235. The van der Waals surface area contributed by atoms with Crippen LogP contribution in [0.5, 0.6) is 5.75 Å². The van der Waals surface area contributed by atoms with Crippen molar-refractivity contribution >= 4 is 27.1 Å². The molecule has 2 rings (SSSR count). The molecule has 0 spiro atoms. The molecule has 0 radical (unpaired) electrons. The Morgan fingerprint density at radius 1 is 1.04 bits per heavy atom. The third-order valence-electron chi connectivity index (χ3n) is 3.28. The summed E-state index contributed by atoms with van der Waals surface area (Å²) < 4.78 is 30.0. The highest BCUT2D eigenvalue weighted by molar-refractivity contribution is 7.91. The number of hydrogen-bond acceptors (Lipinski definition) is 5. The minimum Gasteiger partial charge on any atom is -0.497 e. The maximum absolute atomic E-state index is 12.5. The number of ether oxygens (including phenoxy) is 1. The molecule has 0 aliphatic rings. The fourth-order valence-corrected chi connectivity index (χ4v) is 3.71. The summed E-state index contributed by atoms with van der Waals surface area (Å²) in [6.07, 6.45) is 0. The second kappa shape index (κ2) is 8.17. The van der Waals surface area contributed by atoms with Gasteiger partial charge in [-0.05, 0) is 29.8 Å². The molecular weight excluding hydrogens is 350 g/mol. The van der Waals surface area contributed by atoms with E-state index in [4.69, 9.17) is 21.2 Å². The van der Waals surface area contributed by atoms with Crippen molar-refractivity contribution in [2.75, 3.05) is 20.0 Å². The summed E-state index contributed by atoms with van der Waals surface area (Å²) in [6, 6.07) is 13.7. The van der Waals surface area contributed by atoms with Crippen molar-refractivity contribution in [1.82, 2.24) is 0 Å². The number of hydrogen-bond donors (Lipinski definition) is 0. The average molecular weight is 368 g/mol. The summed E-state index contributed by atoms with van der Waals surface area (Å²) in [4.78, 5) is 4.79. The van der Waals surface area contributed by atoms with Crippen molar-refractivity contribution in [3.05, 3.63) is 64.7 Å². The molecule has 128 valence electrons. The first-order chi connectivity index (χ1) is 11.4. The van der Waals surface area contributed by atoms with E-state index >= 15 is 0 Å². The predicted molar refractivity (Wildman–Crippen MR) is 95.5 cm³/mol. The van der Waals surface area contributed by atoms with Crippen LogP contribution >= 0.6 is 11.6 Å². The summed E-state index contributed by atoms with van der Waals surface area (Å²) >= 11 is 5.86. The van der Waals surface area contributed by atoms with Gasteiger partial charge in [-0.25, -0.2) is 8.42 Å². The fourth-order valence-electron chi connectivity index (χ4n) is 2.15. The second-order valence-electron chi connectivity index (χ2n) is 5.11. The number of halogens is 1. The van der Waals surface area contributed by atoms with Crippen molar-refractivity contribution in [3.63, 3.8) is 0 Å². The Morgan fingerprint density at radius 3 is 2.21 bits per heavy atom. The van der Waals surface area contributed by atoms with E-state index in [-0.39, 0.29) is 11.5 Å². The van der Waals surface area contributed by atoms with Gasteiger partial charge in [0.15, 0.2) is 9.84 Å². The number of oxime groups is 1. The van der Waals surface area contributed by atoms with E-state index in [1.54, 1.807) is 55.6 Å². The number of nitrogens with zero attached hydrogens (tertiary/aromatic N) is 1. The van der Waals surface area contributed by atoms with Gasteiger partial charge in [-0.3, -0.25) is 0 Å². The molecule has 0 amide bonds. The SMILES string of the molecule is CO/N=C(/CS(=O)(=O)Cc1ccc(OC)cc1)c1ccc(Cl)cc1. The van der Waals surface area contributed by atoms with Crippen LogP contribution in [0.15, 0.2) is 53.7 Å². The molecule has 0 saturated heterocycles. The Bertz CT molecular complexity index is 799. The first-order valence-electron chi connectivity index (χ1n) is 7.13. The van der Waals surface area contributed by atoms with Gasteiger partial charge < -0.3 is 9.57 Å². The number of rotatable bonds is 7. The van der Waals surface area contributed by atoms with Gasteiger partial charge in [-0.2, -0.15) is 0 Å². The summed E-state index contributed by atoms with van der Waals surface area (Å²) in [5.74, 6) is 0.362. The van der Waals surface area contributed by atoms with Crippen LogP contribution in [0.3, 0.4) is 0 Å². The molecule has 5 nitrogen and oxygen atoms in total. The molecule has 0 bridgehead atoms. The van der Waals surface area contributed by atoms with Crippen LogP contribution < -0.4 is 4.74 Å². The highest BCUT2D eigenvalue weighted by atomic mass is 35.5. The van der Waals surface area contributed by atoms with Gasteiger partial charge in [0.25, 0.3) is 0 Å². The Labute approximate surface area is 146 Å².